The van der Waals surface area contributed by atoms with Crippen LogP contribution >= 0.6 is 11.8 Å². The summed E-state index contributed by atoms with van der Waals surface area (Å²) in [5.41, 5.74) is 0.623. The van der Waals surface area contributed by atoms with Crippen molar-refractivity contribution >= 4 is 33.7 Å². The Morgan fingerprint density at radius 1 is 1.20 bits per heavy atom. The molecule has 1 aliphatic heterocycles. The number of pyridine rings is 1. The molecule has 1 saturated heterocycles. The number of ether oxygens (including phenoxy) is 1. The highest BCUT2D eigenvalue weighted by molar-refractivity contribution is 8.15. The van der Waals surface area contributed by atoms with Gasteiger partial charge in [-0.15, -0.1) is 0 Å². The maximum Gasteiger partial charge on any atom is 0.416 e. The summed E-state index contributed by atoms with van der Waals surface area (Å²) in [5.74, 6) is 0.224. The summed E-state index contributed by atoms with van der Waals surface area (Å²) in [6.45, 7) is -0.221. The summed E-state index contributed by atoms with van der Waals surface area (Å²) < 4.78 is 44.9. The van der Waals surface area contributed by atoms with Gasteiger partial charge in [-0.05, 0) is 29.8 Å². The lowest BCUT2D eigenvalue weighted by Gasteiger charge is -2.14. The van der Waals surface area contributed by atoms with E-state index in [1.807, 2.05) is 6.07 Å². The first-order chi connectivity index (χ1) is 14.2. The predicted octanol–water partition coefficient (Wildman–Crippen LogP) is 5.01. The Kier molecular flexibility index (Phi) is 5.15. The third-order valence-corrected chi connectivity index (χ3v) is 5.99. The van der Waals surface area contributed by atoms with Crippen LogP contribution in [0, 0.1) is 5.41 Å². The number of thioether (sulfide) groups is 1. The topological polar surface area (TPSA) is 66.3 Å². The molecule has 1 fully saturated rings. The lowest BCUT2D eigenvalue weighted by Crippen LogP contribution is -2.24. The molecule has 1 amide bonds. The summed E-state index contributed by atoms with van der Waals surface area (Å²) in [4.78, 5) is 17.9. The molecule has 9 heteroatoms. The van der Waals surface area contributed by atoms with Gasteiger partial charge in [0, 0.05) is 30.3 Å². The second-order valence-electron chi connectivity index (χ2n) is 6.77. The number of amidine groups is 1. The first-order valence-electron chi connectivity index (χ1n) is 8.94. The molecule has 3 aromatic rings. The summed E-state index contributed by atoms with van der Waals surface area (Å²) >= 11 is 1.16. The lowest BCUT2D eigenvalue weighted by molar-refractivity contribution is -0.138. The maximum absolute atomic E-state index is 13.1. The van der Waals surface area contributed by atoms with Gasteiger partial charge in [0.2, 0.25) is 5.91 Å². The maximum atomic E-state index is 13.1. The van der Waals surface area contributed by atoms with Crippen molar-refractivity contribution < 1.29 is 22.7 Å². The molecule has 2 heterocycles. The normalized spacial score (nSPS) is 17.1. The molecule has 0 aliphatic carbocycles. The number of alkyl halides is 3. The van der Waals surface area contributed by atoms with Crippen LogP contribution in [-0.4, -0.2) is 28.0 Å². The van der Waals surface area contributed by atoms with E-state index in [4.69, 9.17) is 10.1 Å². The van der Waals surface area contributed by atoms with Crippen LogP contribution in [0.25, 0.3) is 10.9 Å². The minimum atomic E-state index is -4.44. The number of amides is 1. The van der Waals surface area contributed by atoms with Crippen LogP contribution in [0.2, 0.25) is 0 Å². The summed E-state index contributed by atoms with van der Waals surface area (Å²) in [6, 6.07) is 12.2. The molecule has 30 heavy (non-hydrogen) atoms. The molecular weight excluding hydrogens is 415 g/mol. The molecule has 0 radical (unpaired) electrons. The van der Waals surface area contributed by atoms with E-state index in [0.717, 1.165) is 23.2 Å². The molecule has 0 bridgehead atoms. The third kappa shape index (κ3) is 3.85. The Labute approximate surface area is 174 Å². The first kappa shape index (κ1) is 20.2. The van der Waals surface area contributed by atoms with Crippen LogP contribution in [0.3, 0.4) is 0 Å². The van der Waals surface area contributed by atoms with Gasteiger partial charge < -0.3 is 4.74 Å². The van der Waals surface area contributed by atoms with E-state index in [0.29, 0.717) is 16.8 Å². The molecule has 5 nitrogen and oxygen atoms in total. The van der Waals surface area contributed by atoms with Crippen molar-refractivity contribution in [2.75, 3.05) is 7.05 Å². The fourth-order valence-corrected chi connectivity index (χ4v) is 4.16. The quantitative estimate of drug-likeness (QED) is 0.630. The number of likely N-dealkylation sites (N-methyl/N-ethyl adjacent to an activating group) is 1. The van der Waals surface area contributed by atoms with Crippen molar-refractivity contribution in [1.29, 1.82) is 5.41 Å². The van der Waals surface area contributed by atoms with E-state index < -0.39 is 17.0 Å². The Morgan fingerprint density at radius 2 is 1.97 bits per heavy atom. The number of rotatable bonds is 4. The average Bonchev–Trinajstić information content (AvgIpc) is 2.98. The number of nitrogens with zero attached hydrogens (tertiary/aromatic N) is 2. The van der Waals surface area contributed by atoms with Gasteiger partial charge in [0.15, 0.2) is 5.17 Å². The first-order valence-corrected chi connectivity index (χ1v) is 9.82. The van der Waals surface area contributed by atoms with Gasteiger partial charge in [-0.1, -0.05) is 30.0 Å². The lowest BCUT2D eigenvalue weighted by atomic mass is 10.1. The second-order valence-corrected chi connectivity index (χ2v) is 7.86. The molecule has 2 aromatic carbocycles. The minimum absolute atomic E-state index is 0.0525. The molecule has 1 N–H and O–H groups in total. The van der Waals surface area contributed by atoms with Crippen molar-refractivity contribution in [2.24, 2.45) is 0 Å². The molecular formula is C21H16F3N3O2S. The second kappa shape index (κ2) is 7.64. The summed E-state index contributed by atoms with van der Waals surface area (Å²) in [5, 5.41) is 8.24. The number of carbonyl (C=O) groups is 1. The zero-order chi connectivity index (χ0) is 21.5. The van der Waals surface area contributed by atoms with Gasteiger partial charge in [-0.3, -0.25) is 20.1 Å². The number of halogens is 3. The number of hydrogen-bond donors (Lipinski definition) is 1. The number of fused-ring (bicyclic) bond motifs is 1. The molecule has 1 atom stereocenters. The molecule has 0 spiro atoms. The van der Waals surface area contributed by atoms with Gasteiger partial charge in [0.1, 0.15) is 17.6 Å². The Morgan fingerprint density at radius 3 is 2.67 bits per heavy atom. The smallest absolute Gasteiger partial charge is 0.416 e. The van der Waals surface area contributed by atoms with E-state index in [2.05, 4.69) is 4.98 Å². The highest BCUT2D eigenvalue weighted by atomic mass is 32.2. The van der Waals surface area contributed by atoms with Gasteiger partial charge in [-0.25, -0.2) is 0 Å². The largest absolute Gasteiger partial charge is 0.489 e. The van der Waals surface area contributed by atoms with E-state index in [-0.39, 0.29) is 23.2 Å². The molecule has 4 rings (SSSR count). The third-order valence-electron chi connectivity index (χ3n) is 4.79. The predicted molar refractivity (Wildman–Crippen MR) is 108 cm³/mol. The monoisotopic (exact) mass is 431 g/mol. The number of aromatic nitrogens is 1. The fourth-order valence-electron chi connectivity index (χ4n) is 3.16. The zero-order valence-corrected chi connectivity index (χ0v) is 16.6. The van der Waals surface area contributed by atoms with E-state index >= 15 is 0 Å². The zero-order valence-electron chi connectivity index (χ0n) is 15.7. The van der Waals surface area contributed by atoms with Crippen LogP contribution in [0.5, 0.6) is 5.75 Å². The molecule has 0 saturated carbocycles. The summed E-state index contributed by atoms with van der Waals surface area (Å²) in [6.07, 6.45) is -2.87. The van der Waals surface area contributed by atoms with Crippen molar-refractivity contribution in [1.82, 2.24) is 9.88 Å². The summed E-state index contributed by atoms with van der Waals surface area (Å²) in [7, 11) is 1.56. The van der Waals surface area contributed by atoms with Crippen molar-refractivity contribution in [3.8, 4) is 5.75 Å². The van der Waals surface area contributed by atoms with Crippen LogP contribution in [0.1, 0.15) is 21.9 Å². The molecule has 154 valence electrons. The van der Waals surface area contributed by atoms with Crippen LogP contribution in [-0.2, 0) is 17.6 Å². The highest BCUT2D eigenvalue weighted by Gasteiger charge is 2.36. The Hall–Kier alpha value is -3.07. The number of carbonyl (C=O) groups excluding carboxylic acids is 1. The number of hydrogen-bond acceptors (Lipinski definition) is 5. The molecule has 1 aromatic heterocycles. The fraction of sp³-hybridized carbons (Fsp3) is 0.190. The number of benzene rings is 2. The van der Waals surface area contributed by atoms with Crippen LogP contribution in [0.4, 0.5) is 13.2 Å². The van der Waals surface area contributed by atoms with Crippen molar-refractivity contribution in [3.63, 3.8) is 0 Å². The minimum Gasteiger partial charge on any atom is -0.489 e. The van der Waals surface area contributed by atoms with Crippen LogP contribution in [0.15, 0.2) is 54.7 Å². The average molecular weight is 431 g/mol. The van der Waals surface area contributed by atoms with Gasteiger partial charge in [-0.2, -0.15) is 13.2 Å². The van der Waals surface area contributed by atoms with E-state index in [1.54, 1.807) is 31.4 Å². The van der Waals surface area contributed by atoms with Gasteiger partial charge in [0.25, 0.3) is 0 Å². The Bertz CT molecular complexity index is 1150. The van der Waals surface area contributed by atoms with Crippen LogP contribution < -0.4 is 4.74 Å². The van der Waals surface area contributed by atoms with Crippen molar-refractivity contribution in [3.05, 3.63) is 71.4 Å². The standard InChI is InChI=1S/C21H16F3N3O2S/c1-27-19(28)18(30-20(27)25)14-8-12-6-7-15(9-17(12)26-10-14)29-11-13-4-2-3-5-16(13)21(22,23)24/h2-10,18,25H,11H2,1H3. The van der Waals surface area contributed by atoms with E-state index in [1.165, 1.54) is 23.1 Å². The molecule has 1 aliphatic rings. The molecule has 1 unspecified atom stereocenters. The highest BCUT2D eigenvalue weighted by Crippen LogP contribution is 2.38. The Balaban J connectivity index is 1.54. The van der Waals surface area contributed by atoms with Gasteiger partial charge >= 0.3 is 6.18 Å². The van der Waals surface area contributed by atoms with Gasteiger partial charge in [0.05, 0.1) is 11.1 Å². The van der Waals surface area contributed by atoms with Crippen molar-refractivity contribution in [2.45, 2.75) is 18.0 Å². The number of nitrogens with one attached hydrogen (secondary N) is 1. The van der Waals surface area contributed by atoms with E-state index in [9.17, 15) is 18.0 Å². The SMILES string of the molecule is CN1C(=N)SC(c2cnc3cc(OCc4ccccc4C(F)(F)F)ccc3c2)C1=O.